The molecule has 0 aromatic rings. The lowest BCUT2D eigenvalue weighted by molar-refractivity contribution is -0.309. The first kappa shape index (κ1) is 8.04. The van der Waals surface area contributed by atoms with E-state index in [1.54, 1.807) is 6.08 Å². The van der Waals surface area contributed by atoms with Crippen LogP contribution in [0.3, 0.4) is 0 Å². The first-order chi connectivity index (χ1) is 4.72. The van der Waals surface area contributed by atoms with E-state index in [4.69, 9.17) is 0 Å². The molecule has 0 fully saturated rings. The van der Waals surface area contributed by atoms with Crippen molar-refractivity contribution in [2.24, 2.45) is 5.92 Å². The summed E-state index contributed by atoms with van der Waals surface area (Å²) in [7, 11) is 0. The first-order valence-corrected chi connectivity index (χ1v) is 4.48. The minimum absolute atomic E-state index is 0.215. The van der Waals surface area contributed by atoms with Crippen molar-refractivity contribution in [1.29, 1.82) is 0 Å². The molecule has 0 saturated carbocycles. The molecule has 2 unspecified atom stereocenters. The second-order valence-electron chi connectivity index (χ2n) is 2.37. The third-order valence-electron chi connectivity index (χ3n) is 1.61. The van der Waals surface area contributed by atoms with E-state index in [2.05, 4.69) is 22.6 Å². The van der Waals surface area contributed by atoms with E-state index in [0.29, 0.717) is 0 Å². The predicted molar refractivity (Wildman–Crippen MR) is 44.7 cm³/mol. The molecule has 0 heterocycles. The second-order valence-corrected chi connectivity index (χ2v) is 3.97. The van der Waals surface area contributed by atoms with Crippen LogP contribution in [0.1, 0.15) is 12.8 Å². The molecule has 1 rings (SSSR count). The zero-order valence-corrected chi connectivity index (χ0v) is 7.58. The van der Waals surface area contributed by atoms with Crippen LogP contribution >= 0.6 is 22.6 Å². The first-order valence-electron chi connectivity index (χ1n) is 3.23. The fourth-order valence-corrected chi connectivity index (χ4v) is 1.92. The van der Waals surface area contributed by atoms with Crippen molar-refractivity contribution < 1.29 is 9.90 Å². The molecule has 10 heavy (non-hydrogen) atoms. The van der Waals surface area contributed by atoms with E-state index in [1.807, 2.05) is 6.08 Å². The van der Waals surface area contributed by atoms with Crippen LogP contribution in [0.15, 0.2) is 12.2 Å². The Morgan fingerprint density at radius 1 is 1.70 bits per heavy atom. The Labute approximate surface area is 73.5 Å². The van der Waals surface area contributed by atoms with Crippen LogP contribution in [0.25, 0.3) is 0 Å². The number of carboxylic acids is 1. The SMILES string of the molecule is O=C([O-])C1C=CCCC1I. The van der Waals surface area contributed by atoms with Crippen molar-refractivity contribution in [3.8, 4) is 0 Å². The highest BCUT2D eigenvalue weighted by Crippen LogP contribution is 2.24. The van der Waals surface area contributed by atoms with Crippen molar-refractivity contribution in [3.05, 3.63) is 12.2 Å². The number of aliphatic carboxylic acids is 1. The summed E-state index contributed by atoms with van der Waals surface area (Å²) in [5, 5.41) is 10.4. The van der Waals surface area contributed by atoms with Crippen LogP contribution in [0.2, 0.25) is 0 Å². The molecule has 0 amide bonds. The Morgan fingerprint density at radius 2 is 2.40 bits per heavy atom. The summed E-state index contributed by atoms with van der Waals surface area (Å²) in [5.41, 5.74) is 0. The van der Waals surface area contributed by atoms with Gasteiger partial charge in [-0.05, 0) is 12.8 Å². The monoisotopic (exact) mass is 251 g/mol. The van der Waals surface area contributed by atoms with E-state index in [-0.39, 0.29) is 9.84 Å². The van der Waals surface area contributed by atoms with Crippen LogP contribution in [0, 0.1) is 5.92 Å². The smallest absolute Gasteiger partial charge is 0.0493 e. The number of hydrogen-bond acceptors (Lipinski definition) is 2. The maximum atomic E-state index is 10.4. The number of carboxylic acid groups (broad SMARTS) is 1. The zero-order valence-electron chi connectivity index (χ0n) is 5.42. The molecule has 0 N–H and O–H groups in total. The van der Waals surface area contributed by atoms with Gasteiger partial charge in [0.2, 0.25) is 0 Å². The molecule has 56 valence electrons. The van der Waals surface area contributed by atoms with Crippen molar-refractivity contribution in [1.82, 2.24) is 0 Å². The highest BCUT2D eigenvalue weighted by molar-refractivity contribution is 14.1. The molecule has 0 spiro atoms. The fraction of sp³-hybridized carbons (Fsp3) is 0.571. The summed E-state index contributed by atoms with van der Waals surface area (Å²) >= 11 is 2.16. The number of rotatable bonds is 1. The standard InChI is InChI=1S/C7H9IO2/c8-6-4-2-1-3-5(6)7(9)10/h1,3,5-6H,2,4H2,(H,9,10)/p-1. The van der Waals surface area contributed by atoms with Crippen LogP contribution in [-0.4, -0.2) is 9.89 Å². The average Bonchev–Trinajstić information content (AvgIpc) is 1.88. The van der Waals surface area contributed by atoms with Gasteiger partial charge in [-0.2, -0.15) is 0 Å². The highest BCUT2D eigenvalue weighted by atomic mass is 127. The summed E-state index contributed by atoms with van der Waals surface area (Å²) in [6.07, 6.45) is 5.60. The zero-order chi connectivity index (χ0) is 7.56. The minimum atomic E-state index is -0.949. The number of halogens is 1. The Bertz CT molecular complexity index is 165. The van der Waals surface area contributed by atoms with Gasteiger partial charge in [0, 0.05) is 15.8 Å². The summed E-state index contributed by atoms with van der Waals surface area (Å²) < 4.78 is 0.215. The molecular weight excluding hydrogens is 243 g/mol. The van der Waals surface area contributed by atoms with Gasteiger partial charge < -0.3 is 9.90 Å². The van der Waals surface area contributed by atoms with Crippen LogP contribution in [0.4, 0.5) is 0 Å². The molecular formula is C7H8IO2-. The second kappa shape index (κ2) is 3.37. The van der Waals surface area contributed by atoms with Crippen LogP contribution in [-0.2, 0) is 4.79 Å². The lowest BCUT2D eigenvalue weighted by Gasteiger charge is -2.23. The van der Waals surface area contributed by atoms with Gasteiger partial charge in [0.05, 0.1) is 0 Å². The largest absolute Gasteiger partial charge is 0.549 e. The van der Waals surface area contributed by atoms with Gasteiger partial charge in [0.15, 0.2) is 0 Å². The lowest BCUT2D eigenvalue weighted by Crippen LogP contribution is -2.36. The number of allylic oxidation sites excluding steroid dienone is 1. The maximum Gasteiger partial charge on any atom is 0.0493 e. The molecule has 1 aliphatic carbocycles. The van der Waals surface area contributed by atoms with E-state index in [0.717, 1.165) is 12.8 Å². The topological polar surface area (TPSA) is 40.1 Å². The minimum Gasteiger partial charge on any atom is -0.549 e. The van der Waals surface area contributed by atoms with Crippen molar-refractivity contribution in [2.45, 2.75) is 16.8 Å². The molecule has 0 aromatic heterocycles. The van der Waals surface area contributed by atoms with Gasteiger partial charge in [-0.25, -0.2) is 0 Å². The molecule has 0 aliphatic heterocycles. The molecule has 0 aromatic carbocycles. The van der Waals surface area contributed by atoms with Gasteiger partial charge in [-0.1, -0.05) is 34.7 Å². The average molecular weight is 251 g/mol. The molecule has 2 nitrogen and oxygen atoms in total. The summed E-state index contributed by atoms with van der Waals surface area (Å²) in [5.74, 6) is -1.32. The summed E-state index contributed by atoms with van der Waals surface area (Å²) in [4.78, 5) is 10.4. The fourth-order valence-electron chi connectivity index (χ4n) is 1.02. The number of carbonyl (C=O) groups excluding carboxylic acids is 1. The van der Waals surface area contributed by atoms with Crippen molar-refractivity contribution >= 4 is 28.6 Å². The quantitative estimate of drug-likeness (QED) is 0.387. The third kappa shape index (κ3) is 1.71. The van der Waals surface area contributed by atoms with Gasteiger partial charge in [0.25, 0.3) is 0 Å². The molecule has 3 heteroatoms. The molecule has 0 saturated heterocycles. The van der Waals surface area contributed by atoms with Gasteiger partial charge >= 0.3 is 0 Å². The van der Waals surface area contributed by atoms with E-state index >= 15 is 0 Å². The Morgan fingerprint density at radius 3 is 2.80 bits per heavy atom. The van der Waals surface area contributed by atoms with E-state index in [9.17, 15) is 9.90 Å². The molecule has 0 bridgehead atoms. The maximum absolute atomic E-state index is 10.4. The number of hydrogen-bond donors (Lipinski definition) is 0. The number of alkyl halides is 1. The number of carbonyl (C=O) groups is 1. The molecule has 1 aliphatic rings. The van der Waals surface area contributed by atoms with Crippen LogP contribution < -0.4 is 5.11 Å². The highest BCUT2D eigenvalue weighted by Gasteiger charge is 2.18. The molecule has 0 radical (unpaired) electrons. The van der Waals surface area contributed by atoms with Crippen molar-refractivity contribution in [3.63, 3.8) is 0 Å². The van der Waals surface area contributed by atoms with Crippen molar-refractivity contribution in [2.75, 3.05) is 0 Å². The predicted octanol–water partition coefficient (Wildman–Crippen LogP) is 0.506. The third-order valence-corrected chi connectivity index (χ3v) is 3.01. The van der Waals surface area contributed by atoms with Gasteiger partial charge in [-0.15, -0.1) is 0 Å². The Kier molecular flexibility index (Phi) is 2.71. The summed E-state index contributed by atoms with van der Waals surface area (Å²) in [6.45, 7) is 0. The molecule has 2 atom stereocenters. The lowest BCUT2D eigenvalue weighted by atomic mass is 9.96. The van der Waals surface area contributed by atoms with Gasteiger partial charge in [0.1, 0.15) is 0 Å². The Balaban J connectivity index is 2.64. The normalized spacial score (nSPS) is 32.1. The van der Waals surface area contributed by atoms with Gasteiger partial charge in [-0.3, -0.25) is 0 Å². The van der Waals surface area contributed by atoms with Crippen LogP contribution in [0.5, 0.6) is 0 Å². The summed E-state index contributed by atoms with van der Waals surface area (Å²) in [6, 6.07) is 0. The Hall–Kier alpha value is -0.0600. The van der Waals surface area contributed by atoms with E-state index in [1.165, 1.54) is 0 Å². The van der Waals surface area contributed by atoms with E-state index < -0.39 is 5.97 Å².